The second-order valence-electron chi connectivity index (χ2n) is 6.64. The number of anilines is 3. The summed E-state index contributed by atoms with van der Waals surface area (Å²) >= 11 is 0. The number of allylic oxidation sites excluding steroid dienone is 1. The number of nitrogens with zero attached hydrogens (tertiary/aromatic N) is 3. The third kappa shape index (κ3) is 3.93. The van der Waals surface area contributed by atoms with E-state index < -0.39 is 11.4 Å². The van der Waals surface area contributed by atoms with Gasteiger partial charge in [-0.05, 0) is 24.8 Å². The molecule has 26 heavy (non-hydrogen) atoms. The minimum Gasteiger partial charge on any atom is -0.481 e. The van der Waals surface area contributed by atoms with E-state index in [4.69, 9.17) is 11.5 Å². The molecule has 0 amide bonds. The number of benzene rings is 1. The second kappa shape index (κ2) is 7.43. The van der Waals surface area contributed by atoms with Crippen molar-refractivity contribution in [3.8, 4) is 0 Å². The number of aromatic nitrogens is 2. The molecule has 1 saturated heterocycles. The number of carbonyl (C=O) groups is 1. The lowest BCUT2D eigenvalue weighted by Gasteiger charge is -2.40. The Labute approximate surface area is 152 Å². The van der Waals surface area contributed by atoms with Gasteiger partial charge in [0.05, 0.1) is 5.41 Å². The Hall–Kier alpha value is -3.09. The molecule has 2 aromatic rings. The molecule has 3 rings (SSSR count). The van der Waals surface area contributed by atoms with Crippen molar-refractivity contribution in [3.63, 3.8) is 0 Å². The number of carboxylic acid groups (broad SMARTS) is 1. The first-order chi connectivity index (χ1) is 12.5. The summed E-state index contributed by atoms with van der Waals surface area (Å²) in [7, 11) is 0. The average molecular weight is 353 g/mol. The molecule has 1 aliphatic rings. The number of nitrogen functional groups attached to an aromatic ring is 2. The van der Waals surface area contributed by atoms with Crippen LogP contribution in [0.2, 0.25) is 0 Å². The number of nitrogens with two attached hydrogens (primary N) is 2. The van der Waals surface area contributed by atoms with Gasteiger partial charge in [-0.25, -0.2) is 0 Å². The van der Waals surface area contributed by atoms with Gasteiger partial charge >= 0.3 is 5.97 Å². The maximum absolute atomic E-state index is 12.1. The fourth-order valence-corrected chi connectivity index (χ4v) is 3.37. The molecule has 1 fully saturated rings. The molecule has 5 N–H and O–H groups in total. The fourth-order valence-electron chi connectivity index (χ4n) is 3.37. The molecule has 1 aromatic heterocycles. The minimum absolute atomic E-state index is 0.0930. The molecule has 1 atom stereocenters. The molecular weight excluding hydrogens is 330 g/mol. The molecule has 0 bridgehead atoms. The Morgan fingerprint density at radius 1 is 1.27 bits per heavy atom. The van der Waals surface area contributed by atoms with Crippen molar-refractivity contribution >= 4 is 29.6 Å². The number of hydrogen-bond donors (Lipinski definition) is 3. The SMILES string of the molecule is Nc1cc(N2CCC[C@@](C/C=C/c3ccccc3)(C(=O)O)C2)nc(N)n1. The number of aliphatic carboxylic acids is 1. The molecule has 0 unspecified atom stereocenters. The number of piperidine rings is 1. The predicted molar refractivity (Wildman–Crippen MR) is 102 cm³/mol. The summed E-state index contributed by atoms with van der Waals surface area (Å²) < 4.78 is 0. The fraction of sp³-hybridized carbons (Fsp3) is 0.316. The maximum atomic E-state index is 12.1. The number of carboxylic acids is 1. The van der Waals surface area contributed by atoms with E-state index in [9.17, 15) is 9.90 Å². The van der Waals surface area contributed by atoms with Crippen molar-refractivity contribution in [3.05, 3.63) is 48.0 Å². The lowest BCUT2D eigenvalue weighted by atomic mass is 9.77. The summed E-state index contributed by atoms with van der Waals surface area (Å²) in [6.07, 6.45) is 5.73. The van der Waals surface area contributed by atoms with E-state index in [-0.39, 0.29) is 11.8 Å². The minimum atomic E-state index is -0.863. The highest BCUT2D eigenvalue weighted by atomic mass is 16.4. The van der Waals surface area contributed by atoms with Gasteiger partial charge in [-0.1, -0.05) is 42.5 Å². The van der Waals surface area contributed by atoms with Gasteiger partial charge in [0.2, 0.25) is 5.95 Å². The Morgan fingerprint density at radius 2 is 2.04 bits per heavy atom. The summed E-state index contributed by atoms with van der Waals surface area (Å²) in [5.74, 6) is 0.153. The molecule has 136 valence electrons. The quantitative estimate of drug-likeness (QED) is 0.755. The van der Waals surface area contributed by atoms with Crippen LogP contribution in [-0.4, -0.2) is 34.1 Å². The Balaban J connectivity index is 1.79. The van der Waals surface area contributed by atoms with Crippen LogP contribution < -0.4 is 16.4 Å². The monoisotopic (exact) mass is 353 g/mol. The average Bonchev–Trinajstić information content (AvgIpc) is 2.62. The normalized spacial score (nSPS) is 20.4. The Kier molecular flexibility index (Phi) is 5.06. The summed E-state index contributed by atoms with van der Waals surface area (Å²) in [6, 6.07) is 11.5. The standard InChI is InChI=1S/C19H23N5O2/c20-15-12-16(23-18(21)22-15)24-11-5-10-19(13-24,17(25)26)9-4-8-14-6-2-1-3-7-14/h1-4,6-8,12H,5,9-11,13H2,(H,25,26)(H4,20,21,22,23)/b8-4+/t19-/m1/s1. The van der Waals surface area contributed by atoms with Gasteiger partial charge in [-0.2, -0.15) is 9.97 Å². The first-order valence-corrected chi connectivity index (χ1v) is 8.58. The van der Waals surface area contributed by atoms with E-state index in [0.29, 0.717) is 31.7 Å². The van der Waals surface area contributed by atoms with Crippen LogP contribution in [0.25, 0.3) is 6.08 Å². The summed E-state index contributed by atoms with van der Waals surface area (Å²) in [5, 5.41) is 9.92. The Morgan fingerprint density at radius 3 is 2.73 bits per heavy atom. The van der Waals surface area contributed by atoms with Gasteiger partial charge in [0, 0.05) is 19.2 Å². The van der Waals surface area contributed by atoms with Gasteiger partial charge < -0.3 is 21.5 Å². The van der Waals surface area contributed by atoms with Crippen molar-refractivity contribution in [2.75, 3.05) is 29.5 Å². The van der Waals surface area contributed by atoms with Crippen molar-refractivity contribution in [1.82, 2.24) is 9.97 Å². The maximum Gasteiger partial charge on any atom is 0.311 e. The van der Waals surface area contributed by atoms with Gasteiger partial charge in [0.1, 0.15) is 11.6 Å². The molecular formula is C19H23N5O2. The molecule has 1 aliphatic heterocycles. The largest absolute Gasteiger partial charge is 0.481 e. The zero-order valence-electron chi connectivity index (χ0n) is 14.5. The van der Waals surface area contributed by atoms with E-state index in [1.807, 2.05) is 47.4 Å². The van der Waals surface area contributed by atoms with Crippen LogP contribution in [0.15, 0.2) is 42.5 Å². The van der Waals surface area contributed by atoms with Crippen molar-refractivity contribution in [2.45, 2.75) is 19.3 Å². The van der Waals surface area contributed by atoms with Gasteiger partial charge in [-0.15, -0.1) is 0 Å². The molecule has 2 heterocycles. The van der Waals surface area contributed by atoms with E-state index >= 15 is 0 Å². The van der Waals surface area contributed by atoms with Gasteiger partial charge in [0.15, 0.2) is 0 Å². The molecule has 0 spiro atoms. The highest BCUT2D eigenvalue weighted by Crippen LogP contribution is 2.36. The topological polar surface area (TPSA) is 118 Å². The highest BCUT2D eigenvalue weighted by molar-refractivity contribution is 5.76. The lowest BCUT2D eigenvalue weighted by Crippen LogP contribution is -2.48. The summed E-state index contributed by atoms with van der Waals surface area (Å²) in [4.78, 5) is 22.1. The number of hydrogen-bond acceptors (Lipinski definition) is 6. The predicted octanol–water partition coefficient (Wildman–Crippen LogP) is 2.42. The van der Waals surface area contributed by atoms with E-state index in [1.165, 1.54) is 0 Å². The number of rotatable bonds is 5. The third-order valence-electron chi connectivity index (χ3n) is 4.72. The van der Waals surface area contributed by atoms with Crippen LogP contribution in [-0.2, 0) is 4.79 Å². The lowest BCUT2D eigenvalue weighted by molar-refractivity contribution is -0.149. The van der Waals surface area contributed by atoms with Crippen molar-refractivity contribution in [1.29, 1.82) is 0 Å². The smallest absolute Gasteiger partial charge is 0.311 e. The molecule has 0 radical (unpaired) electrons. The summed E-state index contributed by atoms with van der Waals surface area (Å²) in [5.41, 5.74) is 11.6. The van der Waals surface area contributed by atoms with Crippen LogP contribution in [0.5, 0.6) is 0 Å². The zero-order chi connectivity index (χ0) is 18.6. The first kappa shape index (κ1) is 17.7. The second-order valence-corrected chi connectivity index (χ2v) is 6.64. The van der Waals surface area contributed by atoms with Crippen LogP contribution in [0.3, 0.4) is 0 Å². The molecule has 7 heteroatoms. The van der Waals surface area contributed by atoms with Crippen LogP contribution in [0, 0.1) is 5.41 Å². The van der Waals surface area contributed by atoms with Gasteiger partial charge in [-0.3, -0.25) is 4.79 Å². The van der Waals surface area contributed by atoms with Crippen molar-refractivity contribution < 1.29 is 9.90 Å². The molecule has 1 aromatic carbocycles. The van der Waals surface area contributed by atoms with E-state index in [1.54, 1.807) is 6.07 Å². The molecule has 7 nitrogen and oxygen atoms in total. The van der Waals surface area contributed by atoms with Crippen LogP contribution in [0.1, 0.15) is 24.8 Å². The van der Waals surface area contributed by atoms with E-state index in [0.717, 1.165) is 12.0 Å². The zero-order valence-corrected chi connectivity index (χ0v) is 14.5. The molecule has 0 aliphatic carbocycles. The first-order valence-electron chi connectivity index (χ1n) is 8.58. The third-order valence-corrected chi connectivity index (χ3v) is 4.72. The van der Waals surface area contributed by atoms with Gasteiger partial charge in [0.25, 0.3) is 0 Å². The highest BCUT2D eigenvalue weighted by Gasteiger charge is 2.42. The molecule has 0 saturated carbocycles. The van der Waals surface area contributed by atoms with E-state index in [2.05, 4.69) is 9.97 Å². The Bertz CT molecular complexity index is 789. The summed E-state index contributed by atoms with van der Waals surface area (Å²) in [6.45, 7) is 1.07. The van der Waals surface area contributed by atoms with Crippen LogP contribution >= 0.6 is 0 Å². The van der Waals surface area contributed by atoms with Crippen molar-refractivity contribution in [2.24, 2.45) is 5.41 Å². The van der Waals surface area contributed by atoms with Crippen LogP contribution in [0.4, 0.5) is 17.6 Å².